The van der Waals surface area contributed by atoms with Gasteiger partial charge in [0.2, 0.25) is 0 Å². The summed E-state index contributed by atoms with van der Waals surface area (Å²) in [6.45, 7) is 0. The van der Waals surface area contributed by atoms with Crippen LogP contribution in [0.1, 0.15) is 29.0 Å². The van der Waals surface area contributed by atoms with Crippen molar-refractivity contribution in [1.29, 1.82) is 0 Å². The summed E-state index contributed by atoms with van der Waals surface area (Å²) >= 11 is 0. The number of hydrogen-bond acceptors (Lipinski definition) is 2. The van der Waals surface area contributed by atoms with E-state index in [1.165, 1.54) is 0 Å². The van der Waals surface area contributed by atoms with E-state index in [0.717, 1.165) is 16.9 Å². The Labute approximate surface area is 148 Å². The highest BCUT2D eigenvalue weighted by molar-refractivity contribution is 5.81. The number of benzene rings is 2. The molecule has 128 valence electrons. The first-order chi connectivity index (χ1) is 12.2. The Morgan fingerprint density at radius 1 is 0.880 bits per heavy atom. The van der Waals surface area contributed by atoms with Crippen LogP contribution in [0, 0.1) is 0 Å². The Morgan fingerprint density at radius 2 is 1.48 bits per heavy atom. The molecule has 0 unspecified atom stereocenters. The van der Waals surface area contributed by atoms with Crippen LogP contribution >= 0.6 is 0 Å². The molecule has 25 heavy (non-hydrogen) atoms. The zero-order valence-electron chi connectivity index (χ0n) is 14.5. The Bertz CT molecular complexity index is 783. The third kappa shape index (κ3) is 3.98. The summed E-state index contributed by atoms with van der Waals surface area (Å²) in [7, 11) is 3.58. The van der Waals surface area contributed by atoms with Gasteiger partial charge < -0.3 is 14.6 Å². The van der Waals surface area contributed by atoms with E-state index >= 15 is 0 Å². The maximum Gasteiger partial charge on any atom is 0.285 e. The van der Waals surface area contributed by atoms with E-state index in [9.17, 15) is 4.79 Å². The van der Waals surface area contributed by atoms with Gasteiger partial charge in [0.05, 0.1) is 6.26 Å². The topological polar surface area (TPSA) is 50.1 Å². The minimum Gasteiger partial charge on any atom is -0.463 e. The highest BCUT2D eigenvalue weighted by Gasteiger charge is 2.31. The monoisotopic (exact) mass is 335 g/mol. The number of carbonyl (C=O) groups excluding carboxylic acids is 1. The van der Waals surface area contributed by atoms with Crippen LogP contribution in [0.2, 0.25) is 0 Å². The number of amides is 1. The van der Waals surface area contributed by atoms with Crippen LogP contribution in [0.4, 0.5) is 0 Å². The molecular formula is C21H23N2O2+. The molecule has 1 heterocycles. The molecule has 3 rings (SSSR count). The average molecular weight is 335 g/mol. The summed E-state index contributed by atoms with van der Waals surface area (Å²) in [4.78, 5) is 14.5. The van der Waals surface area contributed by atoms with Gasteiger partial charge in [-0.15, -0.1) is 0 Å². The van der Waals surface area contributed by atoms with Gasteiger partial charge in [-0.05, 0) is 12.1 Å². The van der Waals surface area contributed by atoms with Crippen LogP contribution in [0.5, 0.6) is 0 Å². The molecule has 0 spiro atoms. The van der Waals surface area contributed by atoms with Gasteiger partial charge in [-0.1, -0.05) is 60.7 Å². The van der Waals surface area contributed by atoms with Crippen molar-refractivity contribution in [1.82, 2.24) is 4.90 Å². The first kappa shape index (κ1) is 17.0. The van der Waals surface area contributed by atoms with Crippen LogP contribution in [0.3, 0.4) is 0 Å². The molecular weight excluding hydrogens is 312 g/mol. The van der Waals surface area contributed by atoms with Crippen LogP contribution in [0.15, 0.2) is 83.5 Å². The highest BCUT2D eigenvalue weighted by Crippen LogP contribution is 2.21. The van der Waals surface area contributed by atoms with Crippen LogP contribution < -0.4 is 5.32 Å². The lowest BCUT2D eigenvalue weighted by molar-refractivity contribution is -0.716. The summed E-state index contributed by atoms with van der Waals surface area (Å²) < 4.78 is 5.67. The molecule has 4 nitrogen and oxygen atoms in total. The lowest BCUT2D eigenvalue weighted by atomic mass is 10.00. The number of furan rings is 1. The number of nitrogens with zero attached hydrogens (tertiary/aromatic N) is 1. The Balaban J connectivity index is 1.98. The van der Waals surface area contributed by atoms with Crippen molar-refractivity contribution < 1.29 is 14.5 Å². The van der Waals surface area contributed by atoms with Crippen molar-refractivity contribution in [2.24, 2.45) is 0 Å². The van der Waals surface area contributed by atoms with Gasteiger partial charge in [-0.3, -0.25) is 4.79 Å². The largest absolute Gasteiger partial charge is 0.463 e. The summed E-state index contributed by atoms with van der Waals surface area (Å²) in [5, 5.41) is 2.08. The van der Waals surface area contributed by atoms with Crippen LogP contribution in [-0.2, 0) is 4.79 Å². The first-order valence-electron chi connectivity index (χ1n) is 8.36. The van der Waals surface area contributed by atoms with E-state index in [0.29, 0.717) is 0 Å². The predicted octanol–water partition coefficient (Wildman–Crippen LogP) is 2.76. The van der Waals surface area contributed by atoms with E-state index in [2.05, 4.69) is 17.4 Å². The van der Waals surface area contributed by atoms with Crippen molar-refractivity contribution in [3.8, 4) is 0 Å². The molecule has 1 aromatic heterocycles. The molecule has 0 saturated heterocycles. The second kappa shape index (κ2) is 7.81. The Kier molecular flexibility index (Phi) is 5.31. The van der Waals surface area contributed by atoms with Crippen molar-refractivity contribution in [3.63, 3.8) is 0 Å². The lowest BCUT2D eigenvalue weighted by Crippen LogP contribution is -2.88. The van der Waals surface area contributed by atoms with Crippen molar-refractivity contribution in [2.45, 2.75) is 12.1 Å². The van der Waals surface area contributed by atoms with E-state index in [1.807, 2.05) is 60.7 Å². The molecule has 1 amide bonds. The zero-order valence-corrected chi connectivity index (χ0v) is 14.5. The van der Waals surface area contributed by atoms with Crippen molar-refractivity contribution >= 4 is 5.91 Å². The molecule has 0 aliphatic rings. The second-order valence-electron chi connectivity index (χ2n) is 6.22. The van der Waals surface area contributed by atoms with Crippen LogP contribution in [0.25, 0.3) is 0 Å². The first-order valence-corrected chi connectivity index (χ1v) is 8.36. The van der Waals surface area contributed by atoms with E-state index in [-0.39, 0.29) is 18.0 Å². The number of quaternary nitrogens is 1. The number of nitrogens with two attached hydrogens (primary N) is 1. The van der Waals surface area contributed by atoms with Gasteiger partial charge in [0, 0.05) is 25.2 Å². The standard InChI is InChI=1S/C21H22N2O2/c1-23(2)21(24)20(17-12-7-4-8-13-17)22-19(18-14-9-15-25-18)16-10-5-3-6-11-16/h3-15,19-20,22H,1-2H3/p+1/t19-,20+/m0/s1. The molecule has 0 fully saturated rings. The minimum atomic E-state index is -0.341. The quantitative estimate of drug-likeness (QED) is 0.753. The zero-order chi connectivity index (χ0) is 17.6. The number of hydrogen-bond donors (Lipinski definition) is 1. The fourth-order valence-corrected chi connectivity index (χ4v) is 2.97. The molecule has 2 N–H and O–H groups in total. The van der Waals surface area contributed by atoms with E-state index < -0.39 is 0 Å². The third-order valence-electron chi connectivity index (χ3n) is 4.26. The maximum atomic E-state index is 12.8. The number of rotatable bonds is 6. The molecule has 2 atom stereocenters. The fraction of sp³-hybridized carbons (Fsp3) is 0.190. The summed E-state index contributed by atoms with van der Waals surface area (Å²) in [6, 6.07) is 23.4. The smallest absolute Gasteiger partial charge is 0.285 e. The molecule has 0 saturated carbocycles. The highest BCUT2D eigenvalue weighted by atomic mass is 16.3. The molecule has 3 aromatic rings. The van der Waals surface area contributed by atoms with Gasteiger partial charge in [0.25, 0.3) is 5.91 Å². The normalized spacial score (nSPS) is 13.2. The van der Waals surface area contributed by atoms with E-state index in [1.54, 1.807) is 25.3 Å². The molecule has 0 bridgehead atoms. The molecule has 0 radical (unpaired) electrons. The number of carbonyl (C=O) groups is 1. The van der Waals surface area contributed by atoms with Crippen LogP contribution in [-0.4, -0.2) is 24.9 Å². The Hall–Kier alpha value is -2.85. The molecule has 0 aliphatic heterocycles. The Morgan fingerprint density at radius 3 is 2.00 bits per heavy atom. The fourth-order valence-electron chi connectivity index (χ4n) is 2.97. The summed E-state index contributed by atoms with van der Waals surface area (Å²) in [6.07, 6.45) is 1.67. The van der Waals surface area contributed by atoms with Crippen molar-refractivity contribution in [2.75, 3.05) is 14.1 Å². The van der Waals surface area contributed by atoms with Gasteiger partial charge in [0.15, 0.2) is 17.8 Å². The molecule has 2 aromatic carbocycles. The molecule has 0 aliphatic carbocycles. The number of likely N-dealkylation sites (N-methyl/N-ethyl adjacent to an activating group) is 1. The third-order valence-corrected chi connectivity index (χ3v) is 4.26. The van der Waals surface area contributed by atoms with Crippen molar-refractivity contribution in [3.05, 3.63) is 95.9 Å². The van der Waals surface area contributed by atoms with Gasteiger partial charge >= 0.3 is 0 Å². The minimum absolute atomic E-state index is 0.0543. The predicted molar refractivity (Wildman–Crippen MR) is 96.8 cm³/mol. The summed E-state index contributed by atoms with van der Waals surface area (Å²) in [5.74, 6) is 0.886. The SMILES string of the molecule is CN(C)C(=O)[C@H]([NH2+][C@@H](c1ccccc1)c1ccco1)c1ccccc1. The van der Waals surface area contributed by atoms with Gasteiger partial charge in [0.1, 0.15) is 0 Å². The lowest BCUT2D eigenvalue weighted by Gasteiger charge is -2.23. The molecule has 4 heteroatoms. The maximum absolute atomic E-state index is 12.8. The van der Waals surface area contributed by atoms with E-state index in [4.69, 9.17) is 4.42 Å². The van der Waals surface area contributed by atoms with Gasteiger partial charge in [-0.25, -0.2) is 0 Å². The average Bonchev–Trinajstić information content (AvgIpc) is 3.18. The second-order valence-corrected chi connectivity index (χ2v) is 6.22. The summed E-state index contributed by atoms with van der Waals surface area (Å²) in [5.41, 5.74) is 2.08. The van der Waals surface area contributed by atoms with Gasteiger partial charge in [-0.2, -0.15) is 0 Å².